The minimum Gasteiger partial charge on any atom is -0.385 e. The van der Waals surface area contributed by atoms with Crippen molar-refractivity contribution in [3.63, 3.8) is 0 Å². The molecule has 0 bridgehead atoms. The highest BCUT2D eigenvalue weighted by atomic mass is 35.5. The van der Waals surface area contributed by atoms with Crippen molar-refractivity contribution in [2.75, 3.05) is 0 Å². The number of imidazole rings is 1. The second-order valence-electron chi connectivity index (χ2n) is 2.93. The lowest BCUT2D eigenvalue weighted by Gasteiger charge is -1.95. The van der Waals surface area contributed by atoms with Crippen LogP contribution in [0.15, 0.2) is 18.2 Å². The summed E-state index contributed by atoms with van der Waals surface area (Å²) in [5.41, 5.74) is 1.56. The quantitative estimate of drug-likeness (QED) is 0.735. The lowest BCUT2D eigenvalue weighted by atomic mass is 10.3. The van der Waals surface area contributed by atoms with E-state index >= 15 is 0 Å². The summed E-state index contributed by atoms with van der Waals surface area (Å²) < 4.78 is 0. The first-order valence-electron chi connectivity index (χ1n) is 4.00. The molecule has 1 atom stereocenters. The number of aromatic nitrogens is 2. The summed E-state index contributed by atoms with van der Waals surface area (Å²) >= 11 is 5.91. The van der Waals surface area contributed by atoms with Gasteiger partial charge in [0.1, 0.15) is 17.4 Å². The first kappa shape index (κ1) is 8.53. The molecule has 68 valence electrons. The molecule has 4 heteroatoms. The van der Waals surface area contributed by atoms with Crippen molar-refractivity contribution in [3.8, 4) is 0 Å². The third-order valence-corrected chi connectivity index (χ3v) is 2.18. The van der Waals surface area contributed by atoms with Crippen molar-refractivity contribution in [1.82, 2.24) is 9.97 Å². The highest BCUT2D eigenvalue weighted by Crippen LogP contribution is 2.22. The SMILES string of the molecule is C[C@H](O)c1nc2c(Cl)cccc2[nH]1. The average molecular weight is 197 g/mol. The van der Waals surface area contributed by atoms with E-state index in [1.54, 1.807) is 13.0 Å². The summed E-state index contributed by atoms with van der Waals surface area (Å²) in [7, 11) is 0. The smallest absolute Gasteiger partial charge is 0.136 e. The molecule has 1 heterocycles. The van der Waals surface area contributed by atoms with Gasteiger partial charge in [-0.05, 0) is 19.1 Å². The van der Waals surface area contributed by atoms with Gasteiger partial charge in [0.2, 0.25) is 0 Å². The molecule has 2 aromatic rings. The lowest BCUT2D eigenvalue weighted by molar-refractivity contribution is 0.190. The number of para-hydroxylation sites is 1. The van der Waals surface area contributed by atoms with E-state index in [0.717, 1.165) is 5.52 Å². The van der Waals surface area contributed by atoms with Gasteiger partial charge in [-0.3, -0.25) is 0 Å². The zero-order valence-corrected chi connectivity index (χ0v) is 7.84. The number of fused-ring (bicyclic) bond motifs is 1. The number of aromatic amines is 1. The van der Waals surface area contributed by atoms with Gasteiger partial charge in [0.25, 0.3) is 0 Å². The normalized spacial score (nSPS) is 13.5. The number of rotatable bonds is 1. The van der Waals surface area contributed by atoms with Crippen LogP contribution in [-0.4, -0.2) is 15.1 Å². The Balaban J connectivity index is 2.68. The maximum absolute atomic E-state index is 9.28. The second kappa shape index (κ2) is 3.01. The number of hydrogen-bond acceptors (Lipinski definition) is 2. The predicted octanol–water partition coefficient (Wildman–Crippen LogP) is 2.27. The van der Waals surface area contributed by atoms with Crippen LogP contribution in [0.4, 0.5) is 0 Å². The van der Waals surface area contributed by atoms with Gasteiger partial charge >= 0.3 is 0 Å². The van der Waals surface area contributed by atoms with Crippen molar-refractivity contribution in [3.05, 3.63) is 29.0 Å². The Kier molecular flexibility index (Phi) is 1.98. The third-order valence-electron chi connectivity index (χ3n) is 1.88. The average Bonchev–Trinajstić information content (AvgIpc) is 2.49. The Morgan fingerprint density at radius 3 is 2.92 bits per heavy atom. The zero-order chi connectivity index (χ0) is 9.42. The van der Waals surface area contributed by atoms with Crippen LogP contribution >= 0.6 is 11.6 Å². The summed E-state index contributed by atoms with van der Waals surface area (Å²) in [5.74, 6) is 0.545. The highest BCUT2D eigenvalue weighted by Gasteiger charge is 2.08. The molecule has 0 aliphatic rings. The molecular formula is C9H9ClN2O. The number of H-pyrrole nitrogens is 1. The van der Waals surface area contributed by atoms with Crippen LogP contribution in [0.3, 0.4) is 0 Å². The van der Waals surface area contributed by atoms with Crippen molar-refractivity contribution in [2.45, 2.75) is 13.0 Å². The molecule has 0 spiro atoms. The van der Waals surface area contributed by atoms with Crippen LogP contribution in [0, 0.1) is 0 Å². The molecular weight excluding hydrogens is 188 g/mol. The Labute approximate surface area is 80.4 Å². The minimum atomic E-state index is -0.594. The van der Waals surface area contributed by atoms with Crippen LogP contribution in [0.25, 0.3) is 11.0 Å². The van der Waals surface area contributed by atoms with Gasteiger partial charge in [0.05, 0.1) is 10.5 Å². The summed E-state index contributed by atoms with van der Waals surface area (Å²) in [4.78, 5) is 7.16. The van der Waals surface area contributed by atoms with E-state index in [1.807, 2.05) is 12.1 Å². The minimum absolute atomic E-state index is 0.545. The molecule has 2 N–H and O–H groups in total. The van der Waals surface area contributed by atoms with E-state index in [4.69, 9.17) is 11.6 Å². The van der Waals surface area contributed by atoms with Gasteiger partial charge in [0, 0.05) is 0 Å². The Morgan fingerprint density at radius 1 is 1.54 bits per heavy atom. The van der Waals surface area contributed by atoms with Crippen LogP contribution in [-0.2, 0) is 0 Å². The van der Waals surface area contributed by atoms with E-state index in [-0.39, 0.29) is 0 Å². The number of hydrogen-bond donors (Lipinski definition) is 2. The third kappa shape index (κ3) is 1.41. The van der Waals surface area contributed by atoms with Crippen molar-refractivity contribution in [1.29, 1.82) is 0 Å². The largest absolute Gasteiger partial charge is 0.385 e. The molecule has 0 saturated carbocycles. The Hall–Kier alpha value is -1.06. The zero-order valence-electron chi connectivity index (χ0n) is 7.08. The number of aliphatic hydroxyl groups is 1. The molecule has 2 rings (SSSR count). The van der Waals surface area contributed by atoms with E-state index < -0.39 is 6.10 Å². The summed E-state index contributed by atoms with van der Waals surface area (Å²) in [6.07, 6.45) is -0.594. The van der Waals surface area contributed by atoms with E-state index in [0.29, 0.717) is 16.4 Å². The monoisotopic (exact) mass is 196 g/mol. The molecule has 3 nitrogen and oxygen atoms in total. The molecule has 0 amide bonds. The molecule has 0 unspecified atom stereocenters. The first-order valence-corrected chi connectivity index (χ1v) is 4.38. The Bertz CT molecular complexity index is 436. The van der Waals surface area contributed by atoms with Crippen LogP contribution in [0.2, 0.25) is 5.02 Å². The van der Waals surface area contributed by atoms with Crippen LogP contribution in [0.1, 0.15) is 18.9 Å². The van der Waals surface area contributed by atoms with Crippen molar-refractivity contribution < 1.29 is 5.11 Å². The molecule has 0 saturated heterocycles. The fourth-order valence-corrected chi connectivity index (χ4v) is 1.43. The maximum atomic E-state index is 9.28. The second-order valence-corrected chi connectivity index (χ2v) is 3.34. The van der Waals surface area contributed by atoms with Crippen LogP contribution in [0.5, 0.6) is 0 Å². The van der Waals surface area contributed by atoms with Crippen molar-refractivity contribution >= 4 is 22.6 Å². The molecule has 13 heavy (non-hydrogen) atoms. The summed E-state index contributed by atoms with van der Waals surface area (Å²) in [6, 6.07) is 5.49. The molecule has 1 aromatic carbocycles. The van der Waals surface area contributed by atoms with E-state index in [2.05, 4.69) is 9.97 Å². The van der Waals surface area contributed by atoms with Crippen molar-refractivity contribution in [2.24, 2.45) is 0 Å². The fourth-order valence-electron chi connectivity index (χ4n) is 1.21. The topological polar surface area (TPSA) is 48.9 Å². The molecule has 0 radical (unpaired) electrons. The molecule has 0 fully saturated rings. The Morgan fingerprint density at radius 2 is 2.31 bits per heavy atom. The van der Waals surface area contributed by atoms with Gasteiger partial charge in [-0.2, -0.15) is 0 Å². The highest BCUT2D eigenvalue weighted by molar-refractivity contribution is 6.34. The van der Waals surface area contributed by atoms with E-state index in [1.165, 1.54) is 0 Å². The number of halogens is 1. The summed E-state index contributed by atoms with van der Waals surface area (Å²) in [5, 5.41) is 9.88. The van der Waals surface area contributed by atoms with Gasteiger partial charge in [0.15, 0.2) is 0 Å². The predicted molar refractivity (Wildman–Crippen MR) is 51.7 cm³/mol. The van der Waals surface area contributed by atoms with Gasteiger partial charge < -0.3 is 10.1 Å². The first-order chi connectivity index (χ1) is 6.18. The molecule has 0 aliphatic heterocycles. The fraction of sp³-hybridized carbons (Fsp3) is 0.222. The van der Waals surface area contributed by atoms with Gasteiger partial charge in [-0.1, -0.05) is 17.7 Å². The van der Waals surface area contributed by atoms with Crippen LogP contribution < -0.4 is 0 Å². The summed E-state index contributed by atoms with van der Waals surface area (Å²) in [6.45, 7) is 1.66. The lowest BCUT2D eigenvalue weighted by Crippen LogP contribution is -1.92. The molecule has 1 aromatic heterocycles. The maximum Gasteiger partial charge on any atom is 0.136 e. The number of nitrogens with zero attached hydrogens (tertiary/aromatic N) is 1. The van der Waals surface area contributed by atoms with Gasteiger partial charge in [-0.15, -0.1) is 0 Å². The van der Waals surface area contributed by atoms with Gasteiger partial charge in [-0.25, -0.2) is 4.98 Å². The number of benzene rings is 1. The van der Waals surface area contributed by atoms with E-state index in [9.17, 15) is 5.11 Å². The standard InChI is InChI=1S/C9H9ClN2O/c1-5(13)9-11-7-4-2-3-6(10)8(7)12-9/h2-5,13H,1H3,(H,11,12)/t5-/m0/s1. The molecule has 0 aliphatic carbocycles. The number of nitrogens with one attached hydrogen (secondary N) is 1. The number of aliphatic hydroxyl groups excluding tert-OH is 1.